The van der Waals surface area contributed by atoms with Crippen LogP contribution in [0.5, 0.6) is 5.75 Å². The summed E-state index contributed by atoms with van der Waals surface area (Å²) in [7, 11) is 0. The van der Waals surface area contributed by atoms with Crippen LogP contribution in [0.3, 0.4) is 0 Å². The lowest BCUT2D eigenvalue weighted by Crippen LogP contribution is -2.32. The first-order chi connectivity index (χ1) is 11.1. The van der Waals surface area contributed by atoms with Crippen LogP contribution in [0.2, 0.25) is 0 Å². The molecule has 4 heteroatoms. The van der Waals surface area contributed by atoms with Gasteiger partial charge in [0.15, 0.2) is 5.76 Å². The van der Waals surface area contributed by atoms with Gasteiger partial charge >= 0.3 is 0 Å². The quantitative estimate of drug-likeness (QED) is 0.902. The number of nitrogens with one attached hydrogen (secondary N) is 1. The molecule has 3 rings (SSSR count). The molecule has 4 nitrogen and oxygen atoms in total. The Kier molecular flexibility index (Phi) is 4.70. The molecule has 0 spiro atoms. The Balaban J connectivity index is 1.59. The highest BCUT2D eigenvalue weighted by Crippen LogP contribution is 2.24. The number of rotatable bonds is 5. The molecular weight excluding hydrogens is 290 g/mol. The second-order valence-corrected chi connectivity index (χ2v) is 6.23. The van der Waals surface area contributed by atoms with Crippen molar-refractivity contribution in [2.75, 3.05) is 0 Å². The summed E-state index contributed by atoms with van der Waals surface area (Å²) in [4.78, 5) is 12.2. The zero-order valence-corrected chi connectivity index (χ0v) is 13.7. The van der Waals surface area contributed by atoms with Crippen LogP contribution in [-0.2, 0) is 6.61 Å². The zero-order chi connectivity index (χ0) is 16.2. The van der Waals surface area contributed by atoms with Crippen LogP contribution in [0.1, 0.15) is 53.1 Å². The molecule has 0 unspecified atom stereocenters. The fourth-order valence-corrected chi connectivity index (χ4v) is 3.07. The SMILES string of the molecule is Cc1cccc(C)c1OCc1ccc(C(=O)NC2CCCC2)o1. The molecule has 0 radical (unpaired) electrons. The van der Waals surface area contributed by atoms with Crippen LogP contribution in [0.4, 0.5) is 0 Å². The average molecular weight is 313 g/mol. The summed E-state index contributed by atoms with van der Waals surface area (Å²) in [5.41, 5.74) is 2.19. The number of ether oxygens (including phenoxy) is 1. The summed E-state index contributed by atoms with van der Waals surface area (Å²) in [5.74, 6) is 1.76. The molecule has 1 saturated carbocycles. The van der Waals surface area contributed by atoms with Crippen molar-refractivity contribution in [2.24, 2.45) is 0 Å². The van der Waals surface area contributed by atoms with Gasteiger partial charge in [-0.25, -0.2) is 0 Å². The van der Waals surface area contributed by atoms with Crippen molar-refractivity contribution in [2.45, 2.75) is 52.2 Å². The van der Waals surface area contributed by atoms with Crippen molar-refractivity contribution < 1.29 is 13.9 Å². The minimum atomic E-state index is -0.129. The topological polar surface area (TPSA) is 51.5 Å². The molecule has 122 valence electrons. The van der Waals surface area contributed by atoms with Crippen molar-refractivity contribution in [3.05, 3.63) is 53.0 Å². The van der Waals surface area contributed by atoms with E-state index in [4.69, 9.17) is 9.15 Å². The largest absolute Gasteiger partial charge is 0.485 e. The van der Waals surface area contributed by atoms with Gasteiger partial charge in [-0.2, -0.15) is 0 Å². The van der Waals surface area contributed by atoms with Gasteiger partial charge in [-0.3, -0.25) is 4.79 Å². The van der Waals surface area contributed by atoms with Gasteiger partial charge in [0.2, 0.25) is 0 Å². The van der Waals surface area contributed by atoms with E-state index in [1.807, 2.05) is 32.0 Å². The van der Waals surface area contributed by atoms with Gasteiger partial charge in [0.25, 0.3) is 5.91 Å². The normalized spacial score (nSPS) is 14.9. The number of para-hydroxylation sites is 1. The number of hydrogen-bond donors (Lipinski definition) is 1. The standard InChI is InChI=1S/C19H23NO3/c1-13-6-5-7-14(2)18(13)22-12-16-10-11-17(23-16)19(21)20-15-8-3-4-9-15/h5-7,10-11,15H,3-4,8-9,12H2,1-2H3,(H,20,21). The van der Waals surface area contributed by atoms with Crippen molar-refractivity contribution in [3.8, 4) is 5.75 Å². The van der Waals surface area contributed by atoms with E-state index in [1.54, 1.807) is 12.1 Å². The molecule has 0 atom stereocenters. The number of carbonyl (C=O) groups is 1. The number of amides is 1. The van der Waals surface area contributed by atoms with Crippen molar-refractivity contribution in [1.29, 1.82) is 0 Å². The van der Waals surface area contributed by atoms with Crippen LogP contribution in [0.15, 0.2) is 34.7 Å². The number of aryl methyl sites for hydroxylation is 2. The second-order valence-electron chi connectivity index (χ2n) is 6.23. The maximum atomic E-state index is 12.2. The Morgan fingerprint density at radius 1 is 1.17 bits per heavy atom. The van der Waals surface area contributed by atoms with E-state index >= 15 is 0 Å². The summed E-state index contributed by atoms with van der Waals surface area (Å²) >= 11 is 0. The maximum absolute atomic E-state index is 12.2. The molecule has 1 aromatic heterocycles. The highest BCUT2D eigenvalue weighted by Gasteiger charge is 2.20. The lowest BCUT2D eigenvalue weighted by atomic mass is 10.1. The first kappa shape index (κ1) is 15.7. The first-order valence-corrected chi connectivity index (χ1v) is 8.22. The minimum absolute atomic E-state index is 0.129. The molecule has 1 aromatic carbocycles. The molecule has 1 fully saturated rings. The third-order valence-electron chi connectivity index (χ3n) is 4.34. The smallest absolute Gasteiger partial charge is 0.287 e. The monoisotopic (exact) mass is 313 g/mol. The Morgan fingerprint density at radius 2 is 1.87 bits per heavy atom. The molecule has 1 N–H and O–H groups in total. The molecule has 0 saturated heterocycles. The van der Waals surface area contributed by atoms with Crippen LogP contribution in [0, 0.1) is 13.8 Å². The van der Waals surface area contributed by atoms with E-state index in [0.717, 1.165) is 29.7 Å². The van der Waals surface area contributed by atoms with Crippen LogP contribution >= 0.6 is 0 Å². The van der Waals surface area contributed by atoms with Gasteiger partial charge in [-0.15, -0.1) is 0 Å². The van der Waals surface area contributed by atoms with Gasteiger partial charge in [-0.05, 0) is 49.9 Å². The second kappa shape index (κ2) is 6.90. The zero-order valence-electron chi connectivity index (χ0n) is 13.7. The van der Waals surface area contributed by atoms with E-state index in [-0.39, 0.29) is 5.91 Å². The van der Waals surface area contributed by atoms with E-state index in [1.165, 1.54) is 12.8 Å². The maximum Gasteiger partial charge on any atom is 0.287 e. The molecule has 23 heavy (non-hydrogen) atoms. The first-order valence-electron chi connectivity index (χ1n) is 8.22. The Labute approximate surface area is 136 Å². The van der Waals surface area contributed by atoms with Crippen LogP contribution < -0.4 is 10.1 Å². The molecule has 0 bridgehead atoms. The summed E-state index contributed by atoms with van der Waals surface area (Å²) in [6, 6.07) is 9.86. The fourth-order valence-electron chi connectivity index (χ4n) is 3.07. The van der Waals surface area contributed by atoms with Gasteiger partial charge in [-0.1, -0.05) is 31.0 Å². The predicted molar refractivity (Wildman–Crippen MR) is 88.7 cm³/mol. The van der Waals surface area contributed by atoms with Gasteiger partial charge in [0.1, 0.15) is 18.1 Å². The predicted octanol–water partition coefficient (Wildman–Crippen LogP) is 4.15. The van der Waals surface area contributed by atoms with Crippen LogP contribution in [0.25, 0.3) is 0 Å². The third kappa shape index (κ3) is 3.76. The average Bonchev–Trinajstić information content (AvgIpc) is 3.18. The highest BCUT2D eigenvalue weighted by molar-refractivity contribution is 5.91. The fraction of sp³-hybridized carbons (Fsp3) is 0.421. The van der Waals surface area contributed by atoms with Gasteiger partial charge in [0, 0.05) is 6.04 Å². The molecule has 1 amide bonds. The van der Waals surface area contributed by atoms with Crippen molar-refractivity contribution in [3.63, 3.8) is 0 Å². The molecule has 1 aliphatic rings. The number of hydrogen-bond acceptors (Lipinski definition) is 3. The Bertz CT molecular complexity index is 663. The summed E-state index contributed by atoms with van der Waals surface area (Å²) in [6.07, 6.45) is 4.51. The highest BCUT2D eigenvalue weighted by atomic mass is 16.5. The van der Waals surface area contributed by atoms with E-state index in [0.29, 0.717) is 24.2 Å². The Hall–Kier alpha value is -2.23. The lowest BCUT2D eigenvalue weighted by Gasteiger charge is -2.11. The summed E-state index contributed by atoms with van der Waals surface area (Å²) in [6.45, 7) is 4.36. The molecule has 1 aliphatic carbocycles. The molecule has 0 aliphatic heterocycles. The Morgan fingerprint density at radius 3 is 2.57 bits per heavy atom. The molecule has 1 heterocycles. The van der Waals surface area contributed by atoms with E-state index in [9.17, 15) is 4.79 Å². The number of furan rings is 1. The van der Waals surface area contributed by atoms with Gasteiger partial charge < -0.3 is 14.5 Å². The van der Waals surface area contributed by atoms with Crippen LogP contribution in [-0.4, -0.2) is 11.9 Å². The minimum Gasteiger partial charge on any atom is -0.485 e. The third-order valence-corrected chi connectivity index (χ3v) is 4.34. The molecule has 2 aromatic rings. The lowest BCUT2D eigenvalue weighted by molar-refractivity contribution is 0.0905. The summed E-state index contributed by atoms with van der Waals surface area (Å²) < 4.78 is 11.5. The number of benzene rings is 1. The molecular formula is C19H23NO3. The van der Waals surface area contributed by atoms with Crippen molar-refractivity contribution >= 4 is 5.91 Å². The summed E-state index contributed by atoms with van der Waals surface area (Å²) in [5, 5.41) is 3.03. The van der Waals surface area contributed by atoms with Crippen molar-refractivity contribution in [1.82, 2.24) is 5.32 Å². The number of carbonyl (C=O) groups excluding carboxylic acids is 1. The van der Waals surface area contributed by atoms with E-state index < -0.39 is 0 Å². The van der Waals surface area contributed by atoms with E-state index in [2.05, 4.69) is 5.32 Å². The van der Waals surface area contributed by atoms with Gasteiger partial charge in [0.05, 0.1) is 0 Å².